The van der Waals surface area contributed by atoms with Gasteiger partial charge in [0.15, 0.2) is 0 Å². The van der Waals surface area contributed by atoms with Crippen LogP contribution in [0.1, 0.15) is 0 Å². The number of hydrogen-bond acceptors (Lipinski definition) is 2. The third kappa shape index (κ3) is 0.668. The maximum Gasteiger partial charge on any atom is 0.103 e. The monoisotopic (exact) mass is 182 g/mol. The highest BCUT2D eigenvalue weighted by molar-refractivity contribution is 7.00. The summed E-state index contributed by atoms with van der Waals surface area (Å²) in [5.74, 6) is 0. The molecule has 0 aliphatic carbocycles. The highest BCUT2D eigenvalue weighted by Crippen LogP contribution is 2.17. The van der Waals surface area contributed by atoms with Crippen LogP contribution in [0.5, 0.6) is 0 Å². The molecule has 2 aromatic heterocycles. The van der Waals surface area contributed by atoms with Gasteiger partial charge >= 0.3 is 0 Å². The molecule has 1 aromatic carbocycles. The van der Waals surface area contributed by atoms with Gasteiger partial charge in [0.05, 0.1) is 11.0 Å². The fraction of sp³-hybridized carbons (Fsp3) is 0. The van der Waals surface area contributed by atoms with Crippen molar-refractivity contribution in [3.8, 4) is 0 Å². The summed E-state index contributed by atoms with van der Waals surface area (Å²) in [7, 11) is 0. The van der Waals surface area contributed by atoms with E-state index >= 15 is 0 Å². The quantitative estimate of drug-likeness (QED) is 0.422. The number of hydrogen-bond donors (Lipinski definition) is 4. The second-order valence-corrected chi connectivity index (χ2v) is 3.17. The Morgan fingerprint density at radius 1 is 0.917 bits per heavy atom. The Morgan fingerprint density at radius 3 is 2.08 bits per heavy atom. The van der Waals surface area contributed by atoms with Crippen molar-refractivity contribution in [3.05, 3.63) is 12.1 Å². The van der Waals surface area contributed by atoms with E-state index in [0.717, 1.165) is 22.1 Å². The zero-order valence-corrected chi connectivity index (χ0v) is 6.79. The van der Waals surface area contributed by atoms with Gasteiger partial charge in [0.25, 0.3) is 0 Å². The Hall–Kier alpha value is -1.56. The van der Waals surface area contributed by atoms with Crippen molar-refractivity contribution in [2.45, 2.75) is 0 Å². The topological polar surface area (TPSA) is 76.3 Å². The van der Waals surface area contributed by atoms with E-state index in [4.69, 9.17) is 4.63 Å². The largest absolute Gasteiger partial charge is 0.296 e. The lowest BCUT2D eigenvalue weighted by Gasteiger charge is -1.86. The fourth-order valence-electron chi connectivity index (χ4n) is 1.21. The zero-order chi connectivity index (χ0) is 7.97. The van der Waals surface area contributed by atoms with E-state index in [1.54, 1.807) is 0 Å². The summed E-state index contributed by atoms with van der Waals surface area (Å²) in [5.41, 5.74) is 4.04. The molecule has 6 heteroatoms. The minimum absolute atomic E-state index is 0.950. The van der Waals surface area contributed by atoms with Gasteiger partial charge in [0.2, 0.25) is 0 Å². The number of rotatable bonds is 0. The summed E-state index contributed by atoms with van der Waals surface area (Å²) < 4.78 is 11.1. The van der Waals surface area contributed by atoms with E-state index in [-0.39, 0.29) is 0 Å². The van der Waals surface area contributed by atoms with Crippen molar-refractivity contribution in [1.29, 1.82) is 0 Å². The van der Waals surface area contributed by atoms with Crippen molar-refractivity contribution in [1.82, 2.24) is 19.1 Å². The van der Waals surface area contributed by atoms with Crippen LogP contribution in [-0.2, 0) is 0 Å². The molecular weight excluding hydrogens is 176 g/mol. The van der Waals surface area contributed by atoms with Crippen LogP contribution in [0.3, 0.4) is 0 Å². The van der Waals surface area contributed by atoms with Gasteiger partial charge in [-0.1, -0.05) is 0 Å². The lowest BCUT2D eigenvalue weighted by Crippen LogP contribution is -1.71. The standard InChI is InChI=1S/C6H6N4OS/c1-3-4(8-11-7-3)2-6-5(1)9-12-10-6/h1-2,7-10H. The molecule has 5 nitrogen and oxygen atoms in total. The highest BCUT2D eigenvalue weighted by Gasteiger charge is 2.00. The molecule has 0 spiro atoms. The van der Waals surface area contributed by atoms with Crippen molar-refractivity contribution in [3.63, 3.8) is 0 Å². The molecule has 0 amide bonds. The number of aromatic amines is 4. The number of fused-ring (bicyclic) bond motifs is 2. The molecule has 0 fully saturated rings. The molecule has 0 saturated carbocycles. The first-order chi connectivity index (χ1) is 5.93. The van der Waals surface area contributed by atoms with Gasteiger partial charge in [-0.15, -0.1) is 0 Å². The molecule has 0 saturated heterocycles. The predicted molar refractivity (Wildman–Crippen MR) is 46.6 cm³/mol. The van der Waals surface area contributed by atoms with E-state index in [9.17, 15) is 0 Å². The van der Waals surface area contributed by atoms with Crippen LogP contribution in [0.2, 0.25) is 0 Å². The molecule has 62 valence electrons. The molecule has 0 atom stereocenters. The molecule has 0 radical (unpaired) electrons. The van der Waals surface area contributed by atoms with Crippen LogP contribution in [0, 0.1) is 0 Å². The number of H-pyrrole nitrogens is 4. The van der Waals surface area contributed by atoms with E-state index in [1.807, 2.05) is 12.1 Å². The van der Waals surface area contributed by atoms with Crippen molar-refractivity contribution in [2.75, 3.05) is 0 Å². The second-order valence-electron chi connectivity index (χ2n) is 2.56. The van der Waals surface area contributed by atoms with Crippen LogP contribution in [-0.4, -0.2) is 19.1 Å². The first-order valence-corrected chi connectivity index (χ1v) is 4.29. The number of aromatic nitrogens is 4. The molecule has 0 aliphatic rings. The van der Waals surface area contributed by atoms with E-state index < -0.39 is 0 Å². The fourth-order valence-corrected chi connectivity index (χ4v) is 1.82. The smallest absolute Gasteiger partial charge is 0.103 e. The number of benzene rings is 1. The predicted octanol–water partition coefficient (Wildman–Crippen LogP) is 2.08. The Balaban J connectivity index is 2.62. The zero-order valence-electron chi connectivity index (χ0n) is 5.97. The second kappa shape index (κ2) is 1.98. The SMILES string of the molecule is c1c2[nH]o[nH]c2cc2[nH]s[nH]c12. The molecule has 4 N–H and O–H groups in total. The molecule has 3 aromatic rings. The number of nitrogens with one attached hydrogen (secondary N) is 4. The van der Waals surface area contributed by atoms with Gasteiger partial charge in [-0.25, -0.2) is 0 Å². The summed E-state index contributed by atoms with van der Waals surface area (Å²) in [6.07, 6.45) is 0. The molecular formula is C6H6N4OS. The third-order valence-corrected chi connectivity index (χ3v) is 2.45. The average molecular weight is 182 g/mol. The van der Waals surface area contributed by atoms with Gasteiger partial charge in [0.1, 0.15) is 11.0 Å². The van der Waals surface area contributed by atoms with Crippen LogP contribution in [0.15, 0.2) is 16.8 Å². The third-order valence-electron chi connectivity index (χ3n) is 1.80. The van der Waals surface area contributed by atoms with Crippen molar-refractivity contribution < 1.29 is 4.63 Å². The highest BCUT2D eigenvalue weighted by atomic mass is 32.1. The molecule has 0 bridgehead atoms. The van der Waals surface area contributed by atoms with E-state index in [2.05, 4.69) is 19.1 Å². The van der Waals surface area contributed by atoms with Crippen LogP contribution >= 0.6 is 11.7 Å². The molecule has 3 rings (SSSR count). The maximum atomic E-state index is 4.83. The lowest BCUT2D eigenvalue weighted by molar-refractivity contribution is 0.315. The Bertz CT molecular complexity index is 451. The minimum atomic E-state index is 0.950. The van der Waals surface area contributed by atoms with Crippen LogP contribution in [0.4, 0.5) is 0 Å². The van der Waals surface area contributed by atoms with Crippen LogP contribution < -0.4 is 0 Å². The van der Waals surface area contributed by atoms with Gasteiger partial charge in [-0.2, -0.15) is 10.3 Å². The van der Waals surface area contributed by atoms with Crippen LogP contribution in [0.25, 0.3) is 22.1 Å². The van der Waals surface area contributed by atoms with Gasteiger partial charge < -0.3 is 0 Å². The van der Waals surface area contributed by atoms with Gasteiger partial charge in [-0.3, -0.25) is 13.4 Å². The minimum Gasteiger partial charge on any atom is -0.296 e. The van der Waals surface area contributed by atoms with Gasteiger partial charge in [0, 0.05) is 11.7 Å². The molecule has 12 heavy (non-hydrogen) atoms. The summed E-state index contributed by atoms with van der Waals surface area (Å²) in [4.78, 5) is 0. The van der Waals surface area contributed by atoms with Crippen molar-refractivity contribution in [2.24, 2.45) is 0 Å². The summed E-state index contributed by atoms with van der Waals surface area (Å²) in [5, 5.41) is 5.48. The normalized spacial score (nSPS) is 11.3. The first-order valence-electron chi connectivity index (χ1n) is 3.47. The molecule has 2 heterocycles. The Labute approximate surface area is 70.3 Å². The molecule has 0 unspecified atom stereocenters. The maximum absolute atomic E-state index is 4.83. The molecule has 0 aliphatic heterocycles. The van der Waals surface area contributed by atoms with Crippen molar-refractivity contribution >= 4 is 33.8 Å². The summed E-state index contributed by atoms with van der Waals surface area (Å²) in [6, 6.07) is 3.97. The lowest BCUT2D eigenvalue weighted by atomic mass is 10.3. The Kier molecular flexibility index (Phi) is 0.991. The average Bonchev–Trinajstić information content (AvgIpc) is 2.64. The van der Waals surface area contributed by atoms with E-state index in [1.165, 1.54) is 11.7 Å². The Morgan fingerprint density at radius 2 is 1.50 bits per heavy atom. The van der Waals surface area contributed by atoms with Gasteiger partial charge in [-0.05, 0) is 12.1 Å². The van der Waals surface area contributed by atoms with E-state index in [0.29, 0.717) is 0 Å². The summed E-state index contributed by atoms with van der Waals surface area (Å²) in [6.45, 7) is 0. The first kappa shape index (κ1) is 6.01. The summed E-state index contributed by atoms with van der Waals surface area (Å²) >= 11 is 1.46.